The number of nitrogens with zero attached hydrogens (tertiary/aromatic N) is 2. The molecule has 0 heterocycles. The molecule has 0 N–H and O–H groups in total. The van der Waals surface area contributed by atoms with Gasteiger partial charge in [-0.15, -0.1) is 0 Å². The van der Waals surface area contributed by atoms with Crippen molar-refractivity contribution in [1.29, 1.82) is 0 Å². The van der Waals surface area contributed by atoms with E-state index in [1.165, 1.54) is 5.56 Å². The smallest absolute Gasteiger partial charge is 0.0781 e. The number of aliphatic imine (C=N–C) groups is 2. The third-order valence-corrected chi connectivity index (χ3v) is 7.02. The van der Waals surface area contributed by atoms with Crippen molar-refractivity contribution in [3.05, 3.63) is 192 Å². The van der Waals surface area contributed by atoms with Gasteiger partial charge in [0, 0.05) is 22.3 Å². The molecule has 0 aliphatic heterocycles. The van der Waals surface area contributed by atoms with Crippen LogP contribution in [0, 0.1) is 6.92 Å². The first-order valence-electron chi connectivity index (χ1n) is 13.8. The van der Waals surface area contributed by atoms with Gasteiger partial charge in [-0.05, 0) is 42.3 Å². The van der Waals surface area contributed by atoms with E-state index in [1.54, 1.807) is 0 Å². The maximum absolute atomic E-state index is 5.04. The topological polar surface area (TPSA) is 24.7 Å². The SMILES string of the molecule is Cc1ccc(/N=C(\c2ccccc2)c2ccc(-c3ccc(/C(=N/c4ccccc4)c4ccccc4)cc3)cc2)cc1. The van der Waals surface area contributed by atoms with Gasteiger partial charge in [-0.1, -0.05) is 145 Å². The van der Waals surface area contributed by atoms with Crippen LogP contribution < -0.4 is 0 Å². The van der Waals surface area contributed by atoms with Gasteiger partial charge in [0.25, 0.3) is 0 Å². The lowest BCUT2D eigenvalue weighted by molar-refractivity contribution is 1.42. The monoisotopic (exact) mass is 526 g/mol. The predicted octanol–water partition coefficient (Wildman–Crippen LogP) is 10.0. The first-order chi connectivity index (χ1) is 20.2. The summed E-state index contributed by atoms with van der Waals surface area (Å²) in [7, 11) is 0. The number of rotatable bonds is 7. The van der Waals surface area contributed by atoms with Crippen LogP contribution in [0.2, 0.25) is 0 Å². The zero-order valence-electron chi connectivity index (χ0n) is 23.0. The molecule has 0 amide bonds. The Morgan fingerprint density at radius 2 is 0.683 bits per heavy atom. The van der Waals surface area contributed by atoms with E-state index in [1.807, 2.05) is 42.5 Å². The van der Waals surface area contributed by atoms with Gasteiger partial charge in [0.1, 0.15) is 0 Å². The van der Waals surface area contributed by atoms with Crippen LogP contribution in [-0.4, -0.2) is 11.4 Å². The third-order valence-electron chi connectivity index (χ3n) is 7.02. The Morgan fingerprint density at radius 1 is 0.341 bits per heavy atom. The van der Waals surface area contributed by atoms with Gasteiger partial charge in [0.15, 0.2) is 0 Å². The molecule has 0 radical (unpaired) electrons. The van der Waals surface area contributed by atoms with Crippen molar-refractivity contribution < 1.29 is 0 Å². The van der Waals surface area contributed by atoms with Crippen LogP contribution in [0.5, 0.6) is 0 Å². The summed E-state index contributed by atoms with van der Waals surface area (Å²) < 4.78 is 0. The van der Waals surface area contributed by atoms with Crippen LogP contribution in [0.4, 0.5) is 11.4 Å². The summed E-state index contributed by atoms with van der Waals surface area (Å²) in [6, 6.07) is 56.5. The van der Waals surface area contributed by atoms with Gasteiger partial charge in [0.05, 0.1) is 22.8 Å². The van der Waals surface area contributed by atoms with E-state index < -0.39 is 0 Å². The van der Waals surface area contributed by atoms with Crippen molar-refractivity contribution >= 4 is 22.8 Å². The number of aryl methyl sites for hydroxylation is 1. The molecule has 41 heavy (non-hydrogen) atoms. The molecular weight excluding hydrogens is 496 g/mol. The summed E-state index contributed by atoms with van der Waals surface area (Å²) in [6.45, 7) is 2.09. The second kappa shape index (κ2) is 12.2. The highest BCUT2D eigenvalue weighted by Gasteiger charge is 2.10. The van der Waals surface area contributed by atoms with E-state index in [0.717, 1.165) is 56.2 Å². The highest BCUT2D eigenvalue weighted by Crippen LogP contribution is 2.25. The molecule has 6 rings (SSSR count). The standard InChI is InChI=1S/C39H30N2/c1-29-17-27-37(28-18-29)41-39(33-13-7-3-8-14-33)35-25-21-31(22-26-35)30-19-23-34(24-20-30)38(32-11-5-2-6-12-32)40-36-15-9-4-10-16-36/h2-28H,1H3/b40-38+,41-39+. The number of hydrogen-bond donors (Lipinski definition) is 0. The van der Waals surface area contributed by atoms with Crippen molar-refractivity contribution in [2.24, 2.45) is 9.98 Å². The van der Waals surface area contributed by atoms with E-state index in [0.29, 0.717) is 0 Å². The van der Waals surface area contributed by atoms with Crippen LogP contribution in [0.15, 0.2) is 174 Å². The van der Waals surface area contributed by atoms with Crippen molar-refractivity contribution in [2.45, 2.75) is 6.92 Å². The molecule has 0 aromatic heterocycles. The molecule has 0 aliphatic rings. The van der Waals surface area contributed by atoms with Crippen LogP contribution in [0.25, 0.3) is 11.1 Å². The number of hydrogen-bond acceptors (Lipinski definition) is 2. The Labute approximate surface area is 242 Å². The molecule has 0 unspecified atom stereocenters. The number of para-hydroxylation sites is 1. The summed E-state index contributed by atoms with van der Waals surface area (Å²) in [5.74, 6) is 0. The highest BCUT2D eigenvalue weighted by atomic mass is 14.8. The maximum Gasteiger partial charge on any atom is 0.0781 e. The molecule has 196 valence electrons. The largest absolute Gasteiger partial charge is 0.248 e. The van der Waals surface area contributed by atoms with Gasteiger partial charge in [-0.3, -0.25) is 0 Å². The lowest BCUT2D eigenvalue weighted by Crippen LogP contribution is -2.03. The minimum atomic E-state index is 0.938. The number of benzene rings is 6. The van der Waals surface area contributed by atoms with Crippen LogP contribution in [-0.2, 0) is 0 Å². The minimum absolute atomic E-state index is 0.938. The summed E-state index contributed by atoms with van der Waals surface area (Å²) in [5, 5.41) is 0. The first-order valence-corrected chi connectivity index (χ1v) is 13.8. The molecule has 6 aromatic carbocycles. The lowest BCUT2D eigenvalue weighted by Gasteiger charge is -2.11. The van der Waals surface area contributed by atoms with Crippen molar-refractivity contribution in [3.8, 4) is 11.1 Å². The van der Waals surface area contributed by atoms with Crippen molar-refractivity contribution in [3.63, 3.8) is 0 Å². The van der Waals surface area contributed by atoms with Gasteiger partial charge < -0.3 is 0 Å². The summed E-state index contributed by atoms with van der Waals surface area (Å²) in [5.41, 5.74) is 11.7. The van der Waals surface area contributed by atoms with E-state index in [4.69, 9.17) is 9.98 Å². The maximum atomic E-state index is 5.04. The Hall–Kier alpha value is -5.34. The molecule has 0 saturated heterocycles. The molecule has 0 aliphatic carbocycles. The molecule has 2 nitrogen and oxygen atoms in total. The van der Waals surface area contributed by atoms with Gasteiger partial charge in [0.2, 0.25) is 0 Å². The van der Waals surface area contributed by atoms with E-state index in [2.05, 4.69) is 128 Å². The molecule has 0 saturated carbocycles. The van der Waals surface area contributed by atoms with E-state index >= 15 is 0 Å². The fourth-order valence-electron chi connectivity index (χ4n) is 4.80. The fraction of sp³-hybridized carbons (Fsp3) is 0.0256. The Morgan fingerprint density at radius 3 is 1.10 bits per heavy atom. The molecule has 6 aromatic rings. The Bertz CT molecular complexity index is 1770. The summed E-state index contributed by atoms with van der Waals surface area (Å²) in [4.78, 5) is 10.0. The third kappa shape index (κ3) is 6.29. The molecular formula is C39H30N2. The molecule has 0 fully saturated rings. The molecule has 0 atom stereocenters. The molecule has 0 bridgehead atoms. The zero-order valence-corrected chi connectivity index (χ0v) is 23.0. The summed E-state index contributed by atoms with van der Waals surface area (Å²) >= 11 is 0. The van der Waals surface area contributed by atoms with Gasteiger partial charge in [-0.25, -0.2) is 9.98 Å². The first kappa shape index (κ1) is 25.9. The van der Waals surface area contributed by atoms with Crippen LogP contribution in [0.1, 0.15) is 27.8 Å². The van der Waals surface area contributed by atoms with Crippen molar-refractivity contribution in [2.75, 3.05) is 0 Å². The van der Waals surface area contributed by atoms with Gasteiger partial charge in [-0.2, -0.15) is 0 Å². The average Bonchev–Trinajstić information content (AvgIpc) is 3.05. The highest BCUT2D eigenvalue weighted by molar-refractivity contribution is 6.15. The predicted molar refractivity (Wildman–Crippen MR) is 173 cm³/mol. The normalized spacial score (nSPS) is 11.8. The Kier molecular flexibility index (Phi) is 7.73. The average molecular weight is 527 g/mol. The van der Waals surface area contributed by atoms with Gasteiger partial charge >= 0.3 is 0 Å². The van der Waals surface area contributed by atoms with E-state index in [-0.39, 0.29) is 0 Å². The van der Waals surface area contributed by atoms with Crippen LogP contribution >= 0.6 is 0 Å². The minimum Gasteiger partial charge on any atom is -0.248 e. The quantitative estimate of drug-likeness (QED) is 0.185. The zero-order chi connectivity index (χ0) is 27.9. The Balaban J connectivity index is 1.31. The van der Waals surface area contributed by atoms with Crippen molar-refractivity contribution in [1.82, 2.24) is 0 Å². The van der Waals surface area contributed by atoms with E-state index in [9.17, 15) is 0 Å². The summed E-state index contributed by atoms with van der Waals surface area (Å²) in [6.07, 6.45) is 0. The van der Waals surface area contributed by atoms with Crippen LogP contribution in [0.3, 0.4) is 0 Å². The molecule has 2 heteroatoms. The fourth-order valence-corrected chi connectivity index (χ4v) is 4.80. The molecule has 0 spiro atoms. The second-order valence-electron chi connectivity index (χ2n) is 9.98. The lowest BCUT2D eigenvalue weighted by atomic mass is 9.96. The second-order valence-corrected chi connectivity index (χ2v) is 9.98.